The van der Waals surface area contributed by atoms with Crippen molar-refractivity contribution >= 4 is 28.9 Å². The second kappa shape index (κ2) is 8.74. The minimum absolute atomic E-state index is 0.124. The Morgan fingerprint density at radius 1 is 1.12 bits per heavy atom. The van der Waals surface area contributed by atoms with Crippen LogP contribution in [-0.4, -0.2) is 31.8 Å². The number of hydrogen-bond donors (Lipinski definition) is 2. The predicted molar refractivity (Wildman–Crippen MR) is 99.5 cm³/mol. The van der Waals surface area contributed by atoms with E-state index in [2.05, 4.69) is 10.6 Å². The first-order valence-electron chi connectivity index (χ1n) is 8.33. The molecule has 1 aliphatic heterocycles. The Balaban J connectivity index is 1.41. The number of nitrogens with one attached hydrogen (secondary N) is 2. The molecular formula is C19H21ClN2O3. The second-order valence-corrected chi connectivity index (χ2v) is 6.32. The van der Waals surface area contributed by atoms with Crippen LogP contribution in [-0.2, 0) is 9.53 Å². The van der Waals surface area contributed by atoms with E-state index in [9.17, 15) is 4.79 Å². The van der Waals surface area contributed by atoms with Gasteiger partial charge >= 0.3 is 0 Å². The third kappa shape index (κ3) is 5.66. The van der Waals surface area contributed by atoms with Crippen LogP contribution in [0, 0.1) is 0 Å². The second-order valence-electron chi connectivity index (χ2n) is 5.88. The fourth-order valence-electron chi connectivity index (χ4n) is 2.55. The van der Waals surface area contributed by atoms with E-state index in [-0.39, 0.29) is 18.6 Å². The van der Waals surface area contributed by atoms with Gasteiger partial charge in [0.05, 0.1) is 12.6 Å². The Labute approximate surface area is 152 Å². The zero-order valence-electron chi connectivity index (χ0n) is 13.8. The first kappa shape index (κ1) is 17.6. The molecule has 3 rings (SSSR count). The van der Waals surface area contributed by atoms with Crippen LogP contribution in [0.4, 0.5) is 11.4 Å². The van der Waals surface area contributed by atoms with E-state index in [4.69, 9.17) is 21.1 Å². The number of benzene rings is 2. The summed E-state index contributed by atoms with van der Waals surface area (Å²) in [6, 6.07) is 14.5. The van der Waals surface area contributed by atoms with Crippen LogP contribution in [0.25, 0.3) is 0 Å². The van der Waals surface area contributed by atoms with Gasteiger partial charge in [-0.1, -0.05) is 11.6 Å². The van der Waals surface area contributed by atoms with Crippen molar-refractivity contribution in [2.75, 3.05) is 30.4 Å². The lowest BCUT2D eigenvalue weighted by Gasteiger charge is -2.12. The van der Waals surface area contributed by atoms with E-state index in [0.717, 1.165) is 30.9 Å². The van der Waals surface area contributed by atoms with Crippen molar-refractivity contribution < 1.29 is 14.3 Å². The van der Waals surface area contributed by atoms with Crippen LogP contribution in [0.3, 0.4) is 0 Å². The van der Waals surface area contributed by atoms with Gasteiger partial charge in [0.15, 0.2) is 0 Å². The van der Waals surface area contributed by atoms with Crippen molar-refractivity contribution in [1.82, 2.24) is 0 Å². The lowest BCUT2D eigenvalue weighted by Crippen LogP contribution is -2.21. The molecule has 132 valence electrons. The van der Waals surface area contributed by atoms with E-state index in [1.54, 1.807) is 24.3 Å². The van der Waals surface area contributed by atoms with E-state index in [1.165, 1.54) is 0 Å². The van der Waals surface area contributed by atoms with Crippen molar-refractivity contribution in [1.29, 1.82) is 0 Å². The van der Waals surface area contributed by atoms with Crippen LogP contribution < -0.4 is 15.4 Å². The summed E-state index contributed by atoms with van der Waals surface area (Å²) >= 11 is 5.82. The molecule has 2 aromatic rings. The number of hydrogen-bond acceptors (Lipinski definition) is 4. The molecule has 0 spiro atoms. The molecule has 1 aliphatic rings. The Hall–Kier alpha value is -2.24. The highest BCUT2D eigenvalue weighted by Crippen LogP contribution is 2.18. The predicted octanol–water partition coefficient (Wildman–Crippen LogP) is 3.95. The number of anilines is 2. The minimum Gasteiger partial charge on any atom is -0.491 e. The molecule has 6 heteroatoms. The maximum atomic E-state index is 11.9. The van der Waals surface area contributed by atoms with Crippen LogP contribution in [0.2, 0.25) is 5.02 Å². The number of carbonyl (C=O) groups excluding carboxylic acids is 1. The Bertz CT molecular complexity index is 683. The third-order valence-corrected chi connectivity index (χ3v) is 4.15. The lowest BCUT2D eigenvalue weighted by molar-refractivity contribution is -0.114. The minimum atomic E-state index is -0.124. The number of rotatable bonds is 7. The number of amides is 1. The van der Waals surface area contributed by atoms with Crippen LogP contribution in [0.5, 0.6) is 5.75 Å². The van der Waals surface area contributed by atoms with Crippen LogP contribution >= 0.6 is 11.6 Å². The molecule has 1 unspecified atom stereocenters. The number of ether oxygens (including phenoxy) is 2. The molecule has 0 aliphatic carbocycles. The summed E-state index contributed by atoms with van der Waals surface area (Å²) in [4.78, 5) is 11.9. The maximum absolute atomic E-state index is 11.9. The van der Waals surface area contributed by atoms with Gasteiger partial charge < -0.3 is 20.1 Å². The Morgan fingerprint density at radius 2 is 1.84 bits per heavy atom. The van der Waals surface area contributed by atoms with Gasteiger partial charge in [-0.15, -0.1) is 0 Å². The normalized spacial score (nSPS) is 16.4. The van der Waals surface area contributed by atoms with Crippen LogP contribution in [0.1, 0.15) is 12.8 Å². The van der Waals surface area contributed by atoms with Gasteiger partial charge in [0.1, 0.15) is 12.4 Å². The standard InChI is InChI=1S/C19H21ClN2O3/c20-14-3-5-16(6-4-14)22-19(23)12-21-15-7-9-17(10-8-15)25-13-18-2-1-11-24-18/h3-10,18,21H,1-2,11-13H2,(H,22,23). The van der Waals surface area contributed by atoms with Crippen molar-refractivity contribution in [3.63, 3.8) is 0 Å². The lowest BCUT2D eigenvalue weighted by atomic mass is 10.2. The molecule has 25 heavy (non-hydrogen) atoms. The third-order valence-electron chi connectivity index (χ3n) is 3.90. The first-order valence-corrected chi connectivity index (χ1v) is 8.70. The molecule has 1 fully saturated rings. The molecule has 1 amide bonds. The monoisotopic (exact) mass is 360 g/mol. The maximum Gasteiger partial charge on any atom is 0.243 e. The van der Waals surface area contributed by atoms with Gasteiger partial charge in [0.25, 0.3) is 0 Å². The molecular weight excluding hydrogens is 340 g/mol. The molecule has 2 N–H and O–H groups in total. The van der Waals surface area contributed by atoms with E-state index in [0.29, 0.717) is 17.3 Å². The smallest absolute Gasteiger partial charge is 0.243 e. The largest absolute Gasteiger partial charge is 0.491 e. The highest BCUT2D eigenvalue weighted by molar-refractivity contribution is 6.30. The van der Waals surface area contributed by atoms with E-state index < -0.39 is 0 Å². The van der Waals surface area contributed by atoms with Crippen LogP contribution in [0.15, 0.2) is 48.5 Å². The molecule has 0 aromatic heterocycles. The van der Waals surface area contributed by atoms with E-state index >= 15 is 0 Å². The van der Waals surface area contributed by atoms with E-state index in [1.807, 2.05) is 24.3 Å². The zero-order valence-corrected chi connectivity index (χ0v) is 14.6. The summed E-state index contributed by atoms with van der Waals surface area (Å²) in [5.74, 6) is 0.674. The SMILES string of the molecule is O=C(CNc1ccc(OCC2CCCO2)cc1)Nc1ccc(Cl)cc1. The molecule has 1 atom stereocenters. The van der Waals surface area contributed by atoms with Gasteiger partial charge in [0.2, 0.25) is 5.91 Å². The van der Waals surface area contributed by atoms with Gasteiger partial charge in [-0.05, 0) is 61.4 Å². The first-order chi connectivity index (χ1) is 12.2. The Morgan fingerprint density at radius 3 is 2.52 bits per heavy atom. The molecule has 1 heterocycles. The van der Waals surface area contributed by atoms with Gasteiger partial charge in [-0.25, -0.2) is 0 Å². The molecule has 2 aromatic carbocycles. The van der Waals surface area contributed by atoms with Gasteiger partial charge in [-0.2, -0.15) is 0 Å². The summed E-state index contributed by atoms with van der Waals surface area (Å²) in [5, 5.41) is 6.52. The summed E-state index contributed by atoms with van der Waals surface area (Å²) in [6.07, 6.45) is 2.37. The molecule has 5 nitrogen and oxygen atoms in total. The van der Waals surface area contributed by atoms with Crippen molar-refractivity contribution in [2.24, 2.45) is 0 Å². The summed E-state index contributed by atoms with van der Waals surface area (Å²) in [7, 11) is 0. The molecule has 0 radical (unpaired) electrons. The number of halogens is 1. The zero-order chi connectivity index (χ0) is 17.5. The molecule has 0 bridgehead atoms. The van der Waals surface area contributed by atoms with Gasteiger partial charge in [0, 0.05) is 23.0 Å². The highest BCUT2D eigenvalue weighted by Gasteiger charge is 2.15. The average molecular weight is 361 g/mol. The average Bonchev–Trinajstić information content (AvgIpc) is 3.15. The number of carbonyl (C=O) groups is 1. The fourth-order valence-corrected chi connectivity index (χ4v) is 2.68. The van der Waals surface area contributed by atoms with Crippen molar-refractivity contribution in [2.45, 2.75) is 18.9 Å². The fraction of sp³-hybridized carbons (Fsp3) is 0.316. The molecule has 1 saturated heterocycles. The summed E-state index contributed by atoms with van der Waals surface area (Å²) in [6.45, 7) is 1.59. The topological polar surface area (TPSA) is 59.6 Å². The highest BCUT2D eigenvalue weighted by atomic mass is 35.5. The Kier molecular flexibility index (Phi) is 6.14. The summed E-state index contributed by atoms with van der Waals surface area (Å²) in [5.41, 5.74) is 1.57. The summed E-state index contributed by atoms with van der Waals surface area (Å²) < 4.78 is 11.2. The van der Waals surface area contributed by atoms with Gasteiger partial charge in [-0.3, -0.25) is 4.79 Å². The van der Waals surface area contributed by atoms with Crippen molar-refractivity contribution in [3.05, 3.63) is 53.6 Å². The quantitative estimate of drug-likeness (QED) is 0.785. The molecule has 0 saturated carbocycles. The van der Waals surface area contributed by atoms with Crippen molar-refractivity contribution in [3.8, 4) is 5.75 Å².